The summed E-state index contributed by atoms with van der Waals surface area (Å²) in [6.07, 6.45) is 0.723. The molecule has 0 atom stereocenters. The van der Waals surface area contributed by atoms with Gasteiger partial charge in [0.25, 0.3) is 0 Å². The third-order valence-electron chi connectivity index (χ3n) is 3.40. The fourth-order valence-electron chi connectivity index (χ4n) is 2.24. The number of rotatable bonds is 3. The van der Waals surface area contributed by atoms with Crippen molar-refractivity contribution in [2.24, 2.45) is 5.73 Å². The van der Waals surface area contributed by atoms with Gasteiger partial charge in [-0.25, -0.2) is 8.42 Å². The summed E-state index contributed by atoms with van der Waals surface area (Å²) >= 11 is 3.56. The van der Waals surface area contributed by atoms with Crippen LogP contribution >= 0.6 is 15.9 Å². The molecule has 1 aliphatic rings. The predicted molar refractivity (Wildman–Crippen MR) is 80.6 cm³/mol. The molecule has 0 radical (unpaired) electrons. The van der Waals surface area contributed by atoms with E-state index in [4.69, 9.17) is 5.73 Å². The highest BCUT2D eigenvalue weighted by Gasteiger charge is 2.19. The molecule has 1 heterocycles. The van der Waals surface area contributed by atoms with Crippen LogP contribution in [0.5, 0.6) is 0 Å². The lowest BCUT2D eigenvalue weighted by atomic mass is 10.1. The molecule has 6 heteroatoms. The minimum Gasteiger partial charge on any atom is -0.326 e. The van der Waals surface area contributed by atoms with Gasteiger partial charge in [0.05, 0.1) is 11.5 Å². The van der Waals surface area contributed by atoms with Crippen LogP contribution in [-0.2, 0) is 22.9 Å². The second kappa shape index (κ2) is 6.35. The van der Waals surface area contributed by atoms with E-state index < -0.39 is 9.84 Å². The molecule has 0 saturated carbocycles. The Morgan fingerprint density at radius 1 is 1.26 bits per heavy atom. The first kappa shape index (κ1) is 15.0. The fourth-order valence-corrected chi connectivity index (χ4v) is 4.10. The molecule has 106 valence electrons. The van der Waals surface area contributed by atoms with Gasteiger partial charge in [0.2, 0.25) is 0 Å². The molecule has 0 aromatic heterocycles. The van der Waals surface area contributed by atoms with E-state index in [1.165, 1.54) is 5.56 Å². The first-order valence-electron chi connectivity index (χ1n) is 6.40. The highest BCUT2D eigenvalue weighted by molar-refractivity contribution is 9.10. The zero-order valence-corrected chi connectivity index (χ0v) is 13.2. The molecular formula is C13H19BrN2O2S. The maximum atomic E-state index is 11.6. The summed E-state index contributed by atoms with van der Waals surface area (Å²) in [5.74, 6) is 0.586. The second-order valence-electron chi connectivity index (χ2n) is 4.91. The summed E-state index contributed by atoms with van der Waals surface area (Å²) in [6, 6.07) is 6.12. The Morgan fingerprint density at radius 2 is 2.05 bits per heavy atom. The normalized spacial score (nSPS) is 20.1. The highest BCUT2D eigenvalue weighted by atomic mass is 79.9. The summed E-state index contributed by atoms with van der Waals surface area (Å²) in [5, 5.41) is 0. The summed E-state index contributed by atoms with van der Waals surface area (Å²) in [7, 11) is -2.84. The van der Waals surface area contributed by atoms with Crippen LogP contribution < -0.4 is 5.73 Å². The molecule has 0 unspecified atom stereocenters. The van der Waals surface area contributed by atoms with Gasteiger partial charge >= 0.3 is 0 Å². The first-order valence-corrected chi connectivity index (χ1v) is 9.02. The van der Waals surface area contributed by atoms with Crippen molar-refractivity contribution in [3.8, 4) is 0 Å². The molecule has 19 heavy (non-hydrogen) atoms. The average Bonchev–Trinajstić information content (AvgIpc) is 2.53. The molecule has 1 fully saturated rings. The van der Waals surface area contributed by atoms with Crippen molar-refractivity contribution < 1.29 is 8.42 Å². The van der Waals surface area contributed by atoms with Gasteiger partial charge in [0.1, 0.15) is 0 Å². The lowest BCUT2D eigenvalue weighted by Gasteiger charge is -2.20. The summed E-state index contributed by atoms with van der Waals surface area (Å²) < 4.78 is 24.2. The first-order chi connectivity index (χ1) is 9.00. The highest BCUT2D eigenvalue weighted by Crippen LogP contribution is 2.21. The van der Waals surface area contributed by atoms with E-state index in [9.17, 15) is 8.42 Å². The van der Waals surface area contributed by atoms with Gasteiger partial charge in [-0.3, -0.25) is 4.90 Å². The Kier molecular flexibility index (Phi) is 5.00. The molecule has 0 bridgehead atoms. The molecule has 2 rings (SSSR count). The van der Waals surface area contributed by atoms with Gasteiger partial charge < -0.3 is 5.73 Å². The van der Waals surface area contributed by atoms with Gasteiger partial charge in [-0.05, 0) is 30.2 Å². The molecule has 4 nitrogen and oxygen atoms in total. The molecule has 1 saturated heterocycles. The summed E-state index contributed by atoms with van der Waals surface area (Å²) in [4.78, 5) is 2.20. The molecule has 0 spiro atoms. The van der Waals surface area contributed by atoms with Crippen LogP contribution in [0, 0.1) is 0 Å². The van der Waals surface area contributed by atoms with Crippen LogP contribution in [-0.4, -0.2) is 37.9 Å². The van der Waals surface area contributed by atoms with Crippen LogP contribution in [0.3, 0.4) is 0 Å². The van der Waals surface area contributed by atoms with Crippen molar-refractivity contribution in [3.05, 3.63) is 33.8 Å². The average molecular weight is 347 g/mol. The summed E-state index contributed by atoms with van der Waals surface area (Å²) in [5.41, 5.74) is 7.87. The number of nitrogens with zero attached hydrogens (tertiary/aromatic N) is 1. The topological polar surface area (TPSA) is 63.4 Å². The zero-order valence-electron chi connectivity index (χ0n) is 10.8. The maximum Gasteiger partial charge on any atom is 0.151 e. The van der Waals surface area contributed by atoms with E-state index in [0.29, 0.717) is 18.8 Å². The van der Waals surface area contributed by atoms with Crippen LogP contribution in [0.25, 0.3) is 0 Å². The van der Waals surface area contributed by atoms with Gasteiger partial charge in [-0.2, -0.15) is 0 Å². The van der Waals surface area contributed by atoms with Crippen molar-refractivity contribution in [3.63, 3.8) is 0 Å². The Morgan fingerprint density at radius 3 is 2.74 bits per heavy atom. The van der Waals surface area contributed by atoms with Crippen LogP contribution in [0.2, 0.25) is 0 Å². The molecule has 1 aliphatic heterocycles. The second-order valence-corrected chi connectivity index (χ2v) is 8.07. The van der Waals surface area contributed by atoms with Crippen molar-refractivity contribution >= 4 is 25.8 Å². The minimum atomic E-state index is -2.84. The fraction of sp³-hybridized carbons (Fsp3) is 0.538. The van der Waals surface area contributed by atoms with E-state index in [2.05, 4.69) is 26.9 Å². The Labute approximate surface area is 123 Å². The molecule has 0 aliphatic carbocycles. The van der Waals surface area contributed by atoms with Crippen LogP contribution in [0.4, 0.5) is 0 Å². The van der Waals surface area contributed by atoms with E-state index in [1.807, 2.05) is 12.1 Å². The quantitative estimate of drug-likeness (QED) is 0.901. The number of halogens is 1. The number of hydrogen-bond donors (Lipinski definition) is 1. The van der Waals surface area contributed by atoms with Gasteiger partial charge in [-0.15, -0.1) is 0 Å². The third kappa shape index (κ3) is 4.27. The molecule has 2 N–H and O–H groups in total. The maximum absolute atomic E-state index is 11.6. The Hall–Kier alpha value is -0.430. The van der Waals surface area contributed by atoms with Gasteiger partial charge in [0.15, 0.2) is 9.84 Å². The lowest BCUT2D eigenvalue weighted by Crippen LogP contribution is -2.26. The molecule has 0 amide bonds. The van der Waals surface area contributed by atoms with Crippen molar-refractivity contribution in [1.29, 1.82) is 0 Å². The van der Waals surface area contributed by atoms with Crippen molar-refractivity contribution in [1.82, 2.24) is 4.90 Å². The largest absolute Gasteiger partial charge is 0.326 e. The number of benzene rings is 1. The van der Waals surface area contributed by atoms with Gasteiger partial charge in [0, 0.05) is 24.1 Å². The predicted octanol–water partition coefficient (Wildman–Crippen LogP) is 1.53. The third-order valence-corrected chi connectivity index (χ3v) is 5.85. The smallest absolute Gasteiger partial charge is 0.151 e. The molecule has 1 aromatic rings. The van der Waals surface area contributed by atoms with E-state index in [1.54, 1.807) is 0 Å². The van der Waals surface area contributed by atoms with Gasteiger partial charge in [-0.1, -0.05) is 28.1 Å². The lowest BCUT2D eigenvalue weighted by molar-refractivity contribution is 0.287. The number of hydrogen-bond acceptors (Lipinski definition) is 4. The Balaban J connectivity index is 2.05. The van der Waals surface area contributed by atoms with Crippen molar-refractivity contribution in [2.45, 2.75) is 19.5 Å². The zero-order chi connectivity index (χ0) is 13.9. The number of nitrogens with two attached hydrogens (primary N) is 1. The Bertz CT molecular complexity index is 546. The summed E-state index contributed by atoms with van der Waals surface area (Å²) in [6.45, 7) is 2.76. The monoisotopic (exact) mass is 346 g/mol. The van der Waals surface area contributed by atoms with E-state index in [0.717, 1.165) is 29.5 Å². The number of sulfone groups is 1. The molecule has 1 aromatic carbocycles. The standard InChI is InChI=1S/C13H19BrN2O2S/c14-13-8-11(9-15)2-3-12(13)10-16-4-1-6-19(17,18)7-5-16/h2-3,8H,1,4-7,9-10,15H2. The van der Waals surface area contributed by atoms with Crippen LogP contribution in [0.15, 0.2) is 22.7 Å². The van der Waals surface area contributed by atoms with E-state index in [-0.39, 0.29) is 5.75 Å². The van der Waals surface area contributed by atoms with Crippen molar-refractivity contribution in [2.75, 3.05) is 24.6 Å². The molecular weight excluding hydrogens is 328 g/mol. The van der Waals surface area contributed by atoms with E-state index >= 15 is 0 Å². The van der Waals surface area contributed by atoms with Crippen LogP contribution in [0.1, 0.15) is 17.5 Å². The minimum absolute atomic E-state index is 0.269. The SMILES string of the molecule is NCc1ccc(CN2CCCS(=O)(=O)CC2)c(Br)c1.